The highest BCUT2D eigenvalue weighted by molar-refractivity contribution is 5.85. The van der Waals surface area contributed by atoms with Gasteiger partial charge in [-0.05, 0) is 11.6 Å². The lowest BCUT2D eigenvalue weighted by atomic mass is 9.99. The Balaban J connectivity index is 0.00000196. The van der Waals surface area contributed by atoms with Crippen LogP contribution in [-0.4, -0.2) is 37.3 Å². The molecule has 1 aliphatic heterocycles. The molecule has 2 aromatic rings. The van der Waals surface area contributed by atoms with Crippen LogP contribution in [-0.2, 0) is 6.61 Å². The zero-order valence-corrected chi connectivity index (χ0v) is 17.0. The zero-order chi connectivity index (χ0) is 18.4. The van der Waals surface area contributed by atoms with E-state index < -0.39 is 18.6 Å². The summed E-state index contributed by atoms with van der Waals surface area (Å²) in [7, 11) is 0. The molecule has 3 rings (SSSR count). The summed E-state index contributed by atoms with van der Waals surface area (Å²) in [5.74, 6) is 0.518. The van der Waals surface area contributed by atoms with Crippen molar-refractivity contribution in [1.82, 2.24) is 10.2 Å². The van der Waals surface area contributed by atoms with Crippen molar-refractivity contribution in [1.29, 1.82) is 0 Å². The number of ether oxygens (including phenoxy) is 1. The van der Waals surface area contributed by atoms with E-state index in [0.717, 1.165) is 5.56 Å². The molecule has 0 bridgehead atoms. The third-order valence-corrected chi connectivity index (χ3v) is 4.53. The standard InChI is InChI=1S/C20H23F3N2O.2ClH/c21-20(22,23)14-18(25-12-10-24-11-13-25)17-8-4-5-9-19(17)26-15-16-6-2-1-3-7-16;;/h1-9,18,24H,10-15H2;2*1H/t18-;;/m1../s1. The first-order valence-corrected chi connectivity index (χ1v) is 8.80. The molecule has 0 aliphatic carbocycles. The molecule has 0 saturated carbocycles. The fraction of sp³-hybridized carbons (Fsp3) is 0.400. The molecule has 0 aromatic heterocycles. The van der Waals surface area contributed by atoms with Gasteiger partial charge in [0.15, 0.2) is 0 Å². The van der Waals surface area contributed by atoms with Crippen molar-refractivity contribution in [3.63, 3.8) is 0 Å². The van der Waals surface area contributed by atoms with Gasteiger partial charge in [-0.3, -0.25) is 4.90 Å². The highest BCUT2D eigenvalue weighted by Gasteiger charge is 2.37. The van der Waals surface area contributed by atoms with Gasteiger partial charge in [0, 0.05) is 37.8 Å². The second kappa shape index (κ2) is 11.5. The van der Waals surface area contributed by atoms with Gasteiger partial charge in [-0.2, -0.15) is 13.2 Å². The first-order valence-electron chi connectivity index (χ1n) is 8.80. The molecule has 3 nitrogen and oxygen atoms in total. The van der Waals surface area contributed by atoms with Gasteiger partial charge in [0.25, 0.3) is 0 Å². The highest BCUT2D eigenvalue weighted by atomic mass is 35.5. The summed E-state index contributed by atoms with van der Waals surface area (Å²) in [6.45, 7) is 2.91. The van der Waals surface area contributed by atoms with Crippen LogP contribution in [0.1, 0.15) is 23.6 Å². The molecule has 1 aliphatic rings. The Morgan fingerprint density at radius 3 is 2.18 bits per heavy atom. The molecule has 28 heavy (non-hydrogen) atoms. The zero-order valence-electron chi connectivity index (χ0n) is 15.3. The molecule has 1 atom stereocenters. The van der Waals surface area contributed by atoms with Crippen LogP contribution < -0.4 is 10.1 Å². The lowest BCUT2D eigenvalue weighted by Crippen LogP contribution is -2.46. The number of hydrogen-bond donors (Lipinski definition) is 1. The van der Waals surface area contributed by atoms with Gasteiger partial charge in [0.1, 0.15) is 12.4 Å². The number of benzene rings is 2. The van der Waals surface area contributed by atoms with Crippen molar-refractivity contribution in [3.8, 4) is 5.75 Å². The molecule has 1 N–H and O–H groups in total. The lowest BCUT2D eigenvalue weighted by Gasteiger charge is -2.36. The summed E-state index contributed by atoms with van der Waals surface area (Å²) in [4.78, 5) is 1.90. The van der Waals surface area contributed by atoms with Crippen LogP contribution in [0.25, 0.3) is 0 Å². The van der Waals surface area contributed by atoms with Crippen LogP contribution in [0.2, 0.25) is 0 Å². The number of alkyl halides is 3. The predicted molar refractivity (Wildman–Crippen MR) is 110 cm³/mol. The molecular formula is C20H25Cl2F3N2O. The second-order valence-electron chi connectivity index (χ2n) is 6.43. The number of hydrogen-bond acceptors (Lipinski definition) is 3. The Labute approximate surface area is 176 Å². The quantitative estimate of drug-likeness (QED) is 0.688. The van der Waals surface area contributed by atoms with E-state index in [1.165, 1.54) is 0 Å². The Hall–Kier alpha value is -1.47. The number of piperazine rings is 1. The largest absolute Gasteiger partial charge is 0.489 e. The minimum atomic E-state index is -4.23. The van der Waals surface area contributed by atoms with Crippen LogP contribution in [0.5, 0.6) is 5.75 Å². The van der Waals surface area contributed by atoms with Crippen molar-refractivity contribution in [2.24, 2.45) is 0 Å². The van der Waals surface area contributed by atoms with Crippen LogP contribution >= 0.6 is 24.8 Å². The maximum absolute atomic E-state index is 13.2. The normalized spacial score (nSPS) is 15.8. The minimum absolute atomic E-state index is 0. The molecule has 2 aromatic carbocycles. The molecule has 0 amide bonds. The molecule has 0 spiro atoms. The maximum Gasteiger partial charge on any atom is 0.390 e. The summed E-state index contributed by atoms with van der Waals surface area (Å²) >= 11 is 0. The van der Waals surface area contributed by atoms with Crippen molar-refractivity contribution < 1.29 is 17.9 Å². The Morgan fingerprint density at radius 2 is 1.54 bits per heavy atom. The topological polar surface area (TPSA) is 24.5 Å². The molecule has 8 heteroatoms. The van der Waals surface area contributed by atoms with Crippen LogP contribution in [0.4, 0.5) is 13.2 Å². The summed E-state index contributed by atoms with van der Waals surface area (Å²) in [6, 6.07) is 16.0. The molecule has 156 valence electrons. The predicted octanol–water partition coefficient (Wildman–Crippen LogP) is 5.01. The number of para-hydroxylation sites is 1. The summed E-state index contributed by atoms with van der Waals surface area (Å²) in [6.07, 6.45) is -5.11. The number of nitrogens with zero attached hydrogens (tertiary/aromatic N) is 1. The third-order valence-electron chi connectivity index (χ3n) is 4.53. The SMILES string of the molecule is Cl.Cl.FC(F)(F)C[C@H](c1ccccc1OCc1ccccc1)N1CCNCC1. The maximum atomic E-state index is 13.2. The van der Waals surface area contributed by atoms with Gasteiger partial charge in [-0.1, -0.05) is 48.5 Å². The Morgan fingerprint density at radius 1 is 0.929 bits per heavy atom. The molecule has 1 heterocycles. The summed E-state index contributed by atoms with van der Waals surface area (Å²) < 4.78 is 45.6. The Bertz CT molecular complexity index is 695. The molecule has 1 fully saturated rings. The smallest absolute Gasteiger partial charge is 0.390 e. The Kier molecular flexibility index (Phi) is 10.1. The summed E-state index contributed by atoms with van der Waals surface area (Å²) in [5, 5.41) is 3.19. The highest BCUT2D eigenvalue weighted by Crippen LogP contribution is 2.38. The van der Waals surface area contributed by atoms with Gasteiger partial charge in [0.05, 0.1) is 6.42 Å². The summed E-state index contributed by atoms with van der Waals surface area (Å²) in [5.41, 5.74) is 1.58. The molecular weight excluding hydrogens is 412 g/mol. The lowest BCUT2D eigenvalue weighted by molar-refractivity contribution is -0.148. The van der Waals surface area contributed by atoms with E-state index in [4.69, 9.17) is 4.74 Å². The first kappa shape index (κ1) is 24.6. The van der Waals surface area contributed by atoms with E-state index in [-0.39, 0.29) is 24.8 Å². The minimum Gasteiger partial charge on any atom is -0.489 e. The van der Waals surface area contributed by atoms with Crippen LogP contribution in [0.3, 0.4) is 0 Å². The van der Waals surface area contributed by atoms with Gasteiger partial charge in [-0.25, -0.2) is 0 Å². The average Bonchev–Trinajstić information content (AvgIpc) is 2.66. The molecule has 0 unspecified atom stereocenters. The molecule has 0 radical (unpaired) electrons. The van der Waals surface area contributed by atoms with Gasteiger partial charge < -0.3 is 10.1 Å². The van der Waals surface area contributed by atoms with E-state index >= 15 is 0 Å². The number of rotatable bonds is 6. The van der Waals surface area contributed by atoms with Crippen molar-refractivity contribution in [2.75, 3.05) is 26.2 Å². The average molecular weight is 437 g/mol. The number of nitrogens with one attached hydrogen (secondary N) is 1. The fourth-order valence-corrected chi connectivity index (χ4v) is 3.27. The van der Waals surface area contributed by atoms with Crippen molar-refractivity contribution >= 4 is 24.8 Å². The van der Waals surface area contributed by atoms with Gasteiger partial charge in [0.2, 0.25) is 0 Å². The van der Waals surface area contributed by atoms with E-state index in [1.807, 2.05) is 35.2 Å². The van der Waals surface area contributed by atoms with E-state index in [9.17, 15) is 13.2 Å². The fourth-order valence-electron chi connectivity index (χ4n) is 3.27. The van der Waals surface area contributed by atoms with Crippen molar-refractivity contribution in [3.05, 3.63) is 65.7 Å². The van der Waals surface area contributed by atoms with Crippen molar-refractivity contribution in [2.45, 2.75) is 25.2 Å². The monoisotopic (exact) mass is 436 g/mol. The number of halogens is 5. The van der Waals surface area contributed by atoms with Gasteiger partial charge >= 0.3 is 6.18 Å². The second-order valence-corrected chi connectivity index (χ2v) is 6.43. The third kappa shape index (κ3) is 7.17. The van der Waals surface area contributed by atoms with E-state index in [2.05, 4.69) is 5.32 Å². The molecule has 1 saturated heterocycles. The first-order chi connectivity index (χ1) is 12.5. The van der Waals surface area contributed by atoms with E-state index in [1.54, 1.807) is 24.3 Å². The van der Waals surface area contributed by atoms with Crippen LogP contribution in [0.15, 0.2) is 54.6 Å². The van der Waals surface area contributed by atoms with Gasteiger partial charge in [-0.15, -0.1) is 24.8 Å². The van der Waals surface area contributed by atoms with Crippen LogP contribution in [0, 0.1) is 0 Å². The van der Waals surface area contributed by atoms with E-state index in [0.29, 0.717) is 44.1 Å².